The van der Waals surface area contributed by atoms with E-state index in [1.54, 1.807) is 41.3 Å². The molecule has 2 amide bonds. The Balaban J connectivity index is 1.32. The largest absolute Gasteiger partial charge is 0.337 e. The molecule has 2 aliphatic rings. The number of thiophene rings is 1. The van der Waals surface area contributed by atoms with Gasteiger partial charge in [-0.15, -0.1) is 11.3 Å². The number of nitrogens with one attached hydrogen (secondary N) is 2. The standard InChI is InChI=1S/C26H33ClN4O6S3/c1-2-19-7-10-22(11-8-19)40(36,37)28-17-20-5-3-15-31(20)25(32)18-30-14-4-6-23(26(30)33)29-39(34,35)16-13-21-9-12-24(27)38-21/h7-13,16,20,23,28-29H,2-6,14-15,17-18H2,1H3/b16-13+. The lowest BCUT2D eigenvalue weighted by Gasteiger charge is -2.34. The number of benzene rings is 1. The van der Waals surface area contributed by atoms with Crippen molar-refractivity contribution in [3.8, 4) is 0 Å². The second-order valence-electron chi connectivity index (χ2n) is 9.79. The Morgan fingerprint density at radius 2 is 1.80 bits per heavy atom. The normalized spacial score (nSPS) is 20.5. The average molecular weight is 629 g/mol. The molecule has 2 aromatic rings. The molecule has 2 unspecified atom stereocenters. The van der Waals surface area contributed by atoms with E-state index in [1.165, 1.54) is 22.3 Å². The topological polar surface area (TPSA) is 133 Å². The number of aryl methyl sites for hydroxylation is 1. The van der Waals surface area contributed by atoms with Gasteiger partial charge in [-0.1, -0.05) is 30.7 Å². The lowest BCUT2D eigenvalue weighted by Crippen LogP contribution is -2.55. The van der Waals surface area contributed by atoms with Gasteiger partial charge in [-0.25, -0.2) is 21.6 Å². The summed E-state index contributed by atoms with van der Waals surface area (Å²) in [5.41, 5.74) is 1.04. The fourth-order valence-corrected chi connectivity index (χ4v) is 7.98. The highest BCUT2D eigenvalue weighted by Gasteiger charge is 2.35. The van der Waals surface area contributed by atoms with Crippen molar-refractivity contribution in [1.82, 2.24) is 19.2 Å². The number of carbonyl (C=O) groups is 2. The third-order valence-corrected chi connectivity index (χ3v) is 10.8. The fourth-order valence-electron chi connectivity index (χ4n) is 4.84. The summed E-state index contributed by atoms with van der Waals surface area (Å²) in [5, 5.41) is 1.00. The van der Waals surface area contributed by atoms with E-state index in [0.29, 0.717) is 41.6 Å². The number of rotatable bonds is 11. The van der Waals surface area contributed by atoms with Crippen molar-refractivity contribution in [2.24, 2.45) is 0 Å². The molecular formula is C26H33ClN4O6S3. The maximum absolute atomic E-state index is 13.2. The zero-order valence-electron chi connectivity index (χ0n) is 22.1. The first-order valence-corrected chi connectivity index (χ1v) is 17.3. The van der Waals surface area contributed by atoms with Gasteiger partial charge in [0.15, 0.2) is 0 Å². The summed E-state index contributed by atoms with van der Waals surface area (Å²) in [7, 11) is -7.64. The van der Waals surface area contributed by atoms with E-state index >= 15 is 0 Å². The second kappa shape index (κ2) is 13.1. The first kappa shape index (κ1) is 30.7. The van der Waals surface area contributed by atoms with Gasteiger partial charge in [-0.2, -0.15) is 4.72 Å². The molecule has 2 N–H and O–H groups in total. The van der Waals surface area contributed by atoms with Crippen LogP contribution in [0.5, 0.6) is 0 Å². The Bertz CT molecular complexity index is 1460. The molecule has 2 saturated heterocycles. The van der Waals surface area contributed by atoms with Crippen LogP contribution < -0.4 is 9.44 Å². The van der Waals surface area contributed by atoms with Gasteiger partial charge in [0, 0.05) is 36.0 Å². The van der Waals surface area contributed by atoms with Crippen LogP contribution in [0.3, 0.4) is 0 Å². The maximum Gasteiger partial charge on any atom is 0.242 e. The van der Waals surface area contributed by atoms with Gasteiger partial charge in [-0.3, -0.25) is 9.59 Å². The van der Waals surface area contributed by atoms with Crippen LogP contribution in [-0.2, 0) is 36.1 Å². The molecule has 3 heterocycles. The SMILES string of the molecule is CCc1ccc(S(=O)(=O)NCC2CCCN2C(=O)CN2CCCC(NS(=O)(=O)/C=C/c3ccc(Cl)s3)C2=O)cc1. The molecule has 10 nitrogen and oxygen atoms in total. The number of hydrogen-bond donors (Lipinski definition) is 2. The number of hydrogen-bond acceptors (Lipinski definition) is 7. The van der Waals surface area contributed by atoms with E-state index in [9.17, 15) is 26.4 Å². The van der Waals surface area contributed by atoms with Crippen molar-refractivity contribution in [2.75, 3.05) is 26.2 Å². The third-order valence-electron chi connectivity index (χ3n) is 7.02. The Kier molecular flexibility index (Phi) is 10.1. The molecule has 4 rings (SSSR count). The maximum atomic E-state index is 13.2. The summed E-state index contributed by atoms with van der Waals surface area (Å²) in [5.74, 6) is -0.747. The molecule has 1 aromatic carbocycles. The minimum atomic E-state index is -3.90. The average Bonchev–Trinajstić information content (AvgIpc) is 3.57. The van der Waals surface area contributed by atoms with Crippen LogP contribution in [0.25, 0.3) is 6.08 Å². The van der Waals surface area contributed by atoms with Crippen molar-refractivity contribution in [3.63, 3.8) is 0 Å². The van der Waals surface area contributed by atoms with E-state index in [2.05, 4.69) is 9.44 Å². The molecule has 0 bridgehead atoms. The van der Waals surface area contributed by atoms with Crippen molar-refractivity contribution < 1.29 is 26.4 Å². The zero-order chi connectivity index (χ0) is 28.9. The van der Waals surface area contributed by atoms with Crippen molar-refractivity contribution in [3.05, 3.63) is 56.6 Å². The van der Waals surface area contributed by atoms with E-state index in [1.807, 2.05) is 6.92 Å². The van der Waals surface area contributed by atoms with Crippen LogP contribution in [-0.4, -0.2) is 76.7 Å². The smallest absolute Gasteiger partial charge is 0.242 e. The van der Waals surface area contributed by atoms with E-state index in [-0.39, 0.29) is 29.9 Å². The minimum absolute atomic E-state index is 0.0712. The number of halogens is 1. The van der Waals surface area contributed by atoms with Crippen molar-refractivity contribution in [2.45, 2.75) is 56.0 Å². The summed E-state index contributed by atoms with van der Waals surface area (Å²) >= 11 is 7.11. The number of carbonyl (C=O) groups excluding carboxylic acids is 2. The molecule has 2 fully saturated rings. The highest BCUT2D eigenvalue weighted by molar-refractivity contribution is 7.92. The first-order valence-electron chi connectivity index (χ1n) is 13.1. The predicted molar refractivity (Wildman–Crippen MR) is 156 cm³/mol. The molecule has 2 aliphatic heterocycles. The molecule has 2 atom stereocenters. The Hall–Kier alpha value is -2.29. The first-order chi connectivity index (χ1) is 19.0. The van der Waals surface area contributed by atoms with Crippen LogP contribution >= 0.6 is 22.9 Å². The lowest BCUT2D eigenvalue weighted by molar-refractivity contribution is -0.143. The van der Waals surface area contributed by atoms with E-state index in [4.69, 9.17) is 11.6 Å². The zero-order valence-corrected chi connectivity index (χ0v) is 25.3. The minimum Gasteiger partial charge on any atom is -0.337 e. The molecule has 40 heavy (non-hydrogen) atoms. The highest BCUT2D eigenvalue weighted by atomic mass is 35.5. The quantitative estimate of drug-likeness (QED) is 0.393. The van der Waals surface area contributed by atoms with Gasteiger partial charge >= 0.3 is 0 Å². The van der Waals surface area contributed by atoms with Crippen molar-refractivity contribution in [1.29, 1.82) is 0 Å². The number of sulfonamides is 2. The molecule has 14 heteroatoms. The fraction of sp³-hybridized carbons (Fsp3) is 0.462. The number of piperidine rings is 1. The van der Waals surface area contributed by atoms with Gasteiger partial charge in [0.2, 0.25) is 31.9 Å². The summed E-state index contributed by atoms with van der Waals surface area (Å²) < 4.78 is 56.2. The van der Waals surface area contributed by atoms with Crippen LogP contribution in [0.2, 0.25) is 4.34 Å². The summed E-state index contributed by atoms with van der Waals surface area (Å²) in [6, 6.07) is 8.75. The Morgan fingerprint density at radius 1 is 1.07 bits per heavy atom. The molecule has 0 saturated carbocycles. The predicted octanol–water partition coefficient (Wildman–Crippen LogP) is 2.81. The summed E-state index contributed by atoms with van der Waals surface area (Å²) in [6.07, 6.45) is 4.45. The molecule has 1 aromatic heterocycles. The van der Waals surface area contributed by atoms with Crippen LogP contribution in [0.4, 0.5) is 0 Å². The summed E-state index contributed by atoms with van der Waals surface area (Å²) in [6.45, 7) is 2.67. The molecular weight excluding hydrogens is 596 g/mol. The third kappa shape index (κ3) is 7.92. The molecule has 0 spiro atoms. The monoisotopic (exact) mass is 628 g/mol. The van der Waals surface area contributed by atoms with Crippen LogP contribution in [0, 0.1) is 0 Å². The lowest BCUT2D eigenvalue weighted by atomic mass is 10.1. The molecule has 0 aliphatic carbocycles. The molecule has 0 radical (unpaired) electrons. The highest BCUT2D eigenvalue weighted by Crippen LogP contribution is 2.23. The van der Waals surface area contributed by atoms with Gasteiger partial charge < -0.3 is 9.80 Å². The Morgan fingerprint density at radius 3 is 2.48 bits per heavy atom. The Labute approximate surface area is 244 Å². The number of likely N-dealkylation sites (tertiary alicyclic amines) is 2. The number of nitrogens with zero attached hydrogens (tertiary/aromatic N) is 2. The van der Waals surface area contributed by atoms with E-state index < -0.39 is 32.0 Å². The van der Waals surface area contributed by atoms with Gasteiger partial charge in [0.05, 0.1) is 15.8 Å². The van der Waals surface area contributed by atoms with Gasteiger partial charge in [0.1, 0.15) is 6.04 Å². The van der Waals surface area contributed by atoms with Crippen molar-refractivity contribution >= 4 is 60.9 Å². The number of amides is 2. The summed E-state index contributed by atoms with van der Waals surface area (Å²) in [4.78, 5) is 30.1. The second-order valence-corrected chi connectivity index (χ2v) is 14.9. The van der Waals surface area contributed by atoms with Gasteiger partial charge in [0.25, 0.3) is 0 Å². The molecule has 218 valence electrons. The van der Waals surface area contributed by atoms with Gasteiger partial charge in [-0.05, 0) is 68.0 Å². The van der Waals surface area contributed by atoms with Crippen LogP contribution in [0.1, 0.15) is 43.0 Å². The van der Waals surface area contributed by atoms with E-state index in [0.717, 1.165) is 23.8 Å². The van der Waals surface area contributed by atoms with Crippen LogP contribution in [0.15, 0.2) is 46.7 Å².